The minimum absolute atomic E-state index is 0.0530. The van der Waals surface area contributed by atoms with E-state index in [0.717, 1.165) is 17.5 Å². The molecule has 1 rings (SSSR count). The molecule has 0 saturated carbocycles. The molecule has 0 spiro atoms. The van der Waals surface area contributed by atoms with Crippen molar-refractivity contribution in [2.75, 3.05) is 13.2 Å². The van der Waals surface area contributed by atoms with Crippen LogP contribution < -0.4 is 5.32 Å². The number of benzene rings is 1. The van der Waals surface area contributed by atoms with Gasteiger partial charge in [0.15, 0.2) is 0 Å². The number of hydrogen-bond donors (Lipinski definition) is 3. The Morgan fingerprint density at radius 3 is 2.65 bits per heavy atom. The van der Waals surface area contributed by atoms with Crippen molar-refractivity contribution < 1.29 is 10.2 Å². The molecule has 1 aromatic carbocycles. The van der Waals surface area contributed by atoms with Gasteiger partial charge in [-0.05, 0) is 30.5 Å². The molecule has 0 saturated heterocycles. The van der Waals surface area contributed by atoms with E-state index in [0.29, 0.717) is 11.6 Å². The van der Waals surface area contributed by atoms with E-state index in [2.05, 4.69) is 5.32 Å². The highest BCUT2D eigenvalue weighted by atomic mass is 35.5. The van der Waals surface area contributed by atoms with Crippen molar-refractivity contribution in [3.8, 4) is 0 Å². The Bertz CT molecular complexity index is 357. The van der Waals surface area contributed by atoms with Crippen LogP contribution in [0.15, 0.2) is 18.2 Å². The second-order valence-electron chi connectivity index (χ2n) is 4.15. The van der Waals surface area contributed by atoms with E-state index in [9.17, 15) is 5.11 Å². The molecule has 2 atom stereocenters. The highest BCUT2D eigenvalue weighted by Gasteiger charge is 2.18. The van der Waals surface area contributed by atoms with Gasteiger partial charge in [0.2, 0.25) is 0 Å². The number of nitrogens with one attached hydrogen (secondary N) is 1. The molecule has 0 aliphatic carbocycles. The molecule has 0 heterocycles. The summed E-state index contributed by atoms with van der Waals surface area (Å²) in [5, 5.41) is 22.8. The van der Waals surface area contributed by atoms with Crippen molar-refractivity contribution in [1.82, 2.24) is 5.32 Å². The molecule has 0 amide bonds. The Morgan fingerprint density at radius 2 is 2.12 bits per heavy atom. The molecule has 1 aromatic rings. The van der Waals surface area contributed by atoms with E-state index in [1.807, 2.05) is 26.0 Å². The van der Waals surface area contributed by atoms with E-state index in [4.69, 9.17) is 16.7 Å². The van der Waals surface area contributed by atoms with E-state index < -0.39 is 6.10 Å². The summed E-state index contributed by atoms with van der Waals surface area (Å²) in [6.07, 6.45) is 0.213. The lowest BCUT2D eigenvalue weighted by Crippen LogP contribution is -2.36. The van der Waals surface area contributed by atoms with Gasteiger partial charge in [-0.1, -0.05) is 30.7 Å². The van der Waals surface area contributed by atoms with Crippen LogP contribution in [0.5, 0.6) is 0 Å². The van der Waals surface area contributed by atoms with Crippen LogP contribution in [0.3, 0.4) is 0 Å². The average Bonchev–Trinajstić information content (AvgIpc) is 2.33. The maximum atomic E-state index is 10.2. The topological polar surface area (TPSA) is 52.5 Å². The summed E-state index contributed by atoms with van der Waals surface area (Å²) >= 11 is 5.95. The molecule has 3 nitrogen and oxygen atoms in total. The Hall–Kier alpha value is -0.610. The van der Waals surface area contributed by atoms with E-state index in [1.165, 1.54) is 0 Å². The van der Waals surface area contributed by atoms with Gasteiger partial charge in [-0.3, -0.25) is 0 Å². The molecule has 17 heavy (non-hydrogen) atoms. The number of aliphatic hydroxyl groups is 2. The van der Waals surface area contributed by atoms with Crippen molar-refractivity contribution in [1.29, 1.82) is 0 Å². The molecule has 0 bridgehead atoms. The van der Waals surface area contributed by atoms with Crippen LogP contribution in [0.4, 0.5) is 0 Å². The standard InChI is InChI=1S/C13H20ClNO2/c1-3-12(15-6-7-16)13(17)10-4-5-11(14)9(2)8-10/h4-5,8,12-13,15-17H,3,6-7H2,1-2H3. The lowest BCUT2D eigenvalue weighted by Gasteiger charge is -2.23. The molecule has 2 unspecified atom stereocenters. The van der Waals surface area contributed by atoms with E-state index in [-0.39, 0.29) is 12.6 Å². The quantitative estimate of drug-likeness (QED) is 0.731. The fourth-order valence-corrected chi connectivity index (χ4v) is 1.93. The van der Waals surface area contributed by atoms with Crippen molar-refractivity contribution in [2.24, 2.45) is 0 Å². The second kappa shape index (κ2) is 6.97. The first-order chi connectivity index (χ1) is 8.10. The zero-order valence-electron chi connectivity index (χ0n) is 10.3. The number of rotatable bonds is 6. The first kappa shape index (κ1) is 14.5. The monoisotopic (exact) mass is 257 g/mol. The largest absolute Gasteiger partial charge is 0.395 e. The predicted octanol–water partition coefficient (Wildman–Crippen LogP) is 2.04. The first-order valence-corrected chi connectivity index (χ1v) is 6.26. The number of halogens is 1. The number of hydrogen-bond acceptors (Lipinski definition) is 3. The molecular weight excluding hydrogens is 238 g/mol. The summed E-state index contributed by atoms with van der Waals surface area (Å²) in [4.78, 5) is 0. The first-order valence-electron chi connectivity index (χ1n) is 5.88. The van der Waals surface area contributed by atoms with Crippen LogP contribution in [-0.4, -0.2) is 29.4 Å². The van der Waals surface area contributed by atoms with Crippen molar-refractivity contribution in [3.05, 3.63) is 34.3 Å². The highest BCUT2D eigenvalue weighted by molar-refractivity contribution is 6.31. The van der Waals surface area contributed by atoms with E-state index >= 15 is 0 Å². The third-order valence-electron chi connectivity index (χ3n) is 2.86. The minimum Gasteiger partial charge on any atom is -0.395 e. The van der Waals surface area contributed by atoms with Gasteiger partial charge in [0.05, 0.1) is 12.7 Å². The van der Waals surface area contributed by atoms with Crippen LogP contribution in [0.1, 0.15) is 30.6 Å². The van der Waals surface area contributed by atoms with Crippen LogP contribution in [0, 0.1) is 6.92 Å². The lowest BCUT2D eigenvalue weighted by molar-refractivity contribution is 0.122. The molecule has 0 aromatic heterocycles. The van der Waals surface area contributed by atoms with Crippen LogP contribution in [0.25, 0.3) is 0 Å². The zero-order valence-corrected chi connectivity index (χ0v) is 11.0. The normalized spacial score (nSPS) is 14.6. The van der Waals surface area contributed by atoms with Crippen LogP contribution in [-0.2, 0) is 0 Å². The van der Waals surface area contributed by atoms with Gasteiger partial charge in [0.1, 0.15) is 0 Å². The zero-order chi connectivity index (χ0) is 12.8. The maximum Gasteiger partial charge on any atom is 0.0942 e. The van der Waals surface area contributed by atoms with Crippen molar-refractivity contribution in [2.45, 2.75) is 32.4 Å². The van der Waals surface area contributed by atoms with Crippen molar-refractivity contribution in [3.63, 3.8) is 0 Å². The molecule has 0 fully saturated rings. The molecule has 0 radical (unpaired) electrons. The van der Waals surface area contributed by atoms with Gasteiger partial charge in [-0.2, -0.15) is 0 Å². The second-order valence-corrected chi connectivity index (χ2v) is 4.55. The average molecular weight is 258 g/mol. The van der Waals surface area contributed by atoms with Gasteiger partial charge in [-0.25, -0.2) is 0 Å². The fraction of sp³-hybridized carbons (Fsp3) is 0.538. The molecule has 0 aliphatic rings. The molecule has 96 valence electrons. The highest BCUT2D eigenvalue weighted by Crippen LogP contribution is 2.23. The van der Waals surface area contributed by atoms with Crippen LogP contribution >= 0.6 is 11.6 Å². The Morgan fingerprint density at radius 1 is 1.41 bits per heavy atom. The molecular formula is C13H20ClNO2. The maximum absolute atomic E-state index is 10.2. The summed E-state index contributed by atoms with van der Waals surface area (Å²) in [6.45, 7) is 4.48. The van der Waals surface area contributed by atoms with Gasteiger partial charge < -0.3 is 15.5 Å². The predicted molar refractivity (Wildman–Crippen MR) is 70.3 cm³/mol. The summed E-state index contributed by atoms with van der Waals surface area (Å²) in [5.41, 5.74) is 1.81. The molecule has 0 aliphatic heterocycles. The van der Waals surface area contributed by atoms with Gasteiger partial charge in [0.25, 0.3) is 0 Å². The molecule has 4 heteroatoms. The molecule has 3 N–H and O–H groups in total. The van der Waals surface area contributed by atoms with Gasteiger partial charge in [-0.15, -0.1) is 0 Å². The number of aryl methyl sites for hydroxylation is 1. The van der Waals surface area contributed by atoms with E-state index in [1.54, 1.807) is 6.07 Å². The fourth-order valence-electron chi connectivity index (χ4n) is 1.81. The minimum atomic E-state index is -0.581. The smallest absolute Gasteiger partial charge is 0.0942 e. The van der Waals surface area contributed by atoms with Crippen molar-refractivity contribution >= 4 is 11.6 Å². The number of aliphatic hydroxyl groups excluding tert-OH is 2. The summed E-state index contributed by atoms with van der Waals surface area (Å²) < 4.78 is 0. The third kappa shape index (κ3) is 3.96. The SMILES string of the molecule is CCC(NCCO)C(O)c1ccc(Cl)c(C)c1. The summed E-state index contributed by atoms with van der Waals surface area (Å²) in [6, 6.07) is 5.48. The Kier molecular flexibility index (Phi) is 5.92. The Balaban J connectivity index is 2.78. The van der Waals surface area contributed by atoms with Crippen LogP contribution in [0.2, 0.25) is 5.02 Å². The Labute approximate surface area is 107 Å². The summed E-state index contributed by atoms with van der Waals surface area (Å²) in [5.74, 6) is 0. The summed E-state index contributed by atoms with van der Waals surface area (Å²) in [7, 11) is 0. The third-order valence-corrected chi connectivity index (χ3v) is 3.29. The van der Waals surface area contributed by atoms with Gasteiger partial charge in [0, 0.05) is 17.6 Å². The lowest BCUT2D eigenvalue weighted by atomic mass is 9.99. The van der Waals surface area contributed by atoms with Gasteiger partial charge >= 0.3 is 0 Å².